The van der Waals surface area contributed by atoms with Crippen LogP contribution in [0.15, 0.2) is 53.5 Å². The van der Waals surface area contributed by atoms with E-state index in [1.807, 2.05) is 13.0 Å². The molecule has 0 saturated heterocycles. The summed E-state index contributed by atoms with van der Waals surface area (Å²) < 4.78 is 6.58. The molecule has 26 heavy (non-hydrogen) atoms. The summed E-state index contributed by atoms with van der Waals surface area (Å²) in [5.41, 5.74) is 2.24. The van der Waals surface area contributed by atoms with Crippen LogP contribution >= 0.6 is 23.2 Å². The smallest absolute Gasteiger partial charge is 0.331 e. The first kappa shape index (κ1) is 18.2. The summed E-state index contributed by atoms with van der Waals surface area (Å²) in [7, 11) is 0. The molecule has 5 nitrogen and oxygen atoms in total. The molecule has 0 fully saturated rings. The fourth-order valence-corrected chi connectivity index (χ4v) is 2.79. The number of fused-ring (bicyclic) bond motifs is 1. The van der Waals surface area contributed by atoms with E-state index in [-0.39, 0.29) is 12.2 Å². The van der Waals surface area contributed by atoms with Crippen molar-refractivity contribution in [2.24, 2.45) is 0 Å². The first-order valence-electron chi connectivity index (χ1n) is 7.71. The number of carbonyl (C=O) groups excluding carboxylic acids is 1. The van der Waals surface area contributed by atoms with Gasteiger partial charge in [0.05, 0.1) is 5.69 Å². The Bertz CT molecular complexity index is 1070. The van der Waals surface area contributed by atoms with Crippen molar-refractivity contribution in [2.75, 3.05) is 0 Å². The monoisotopic (exact) mass is 388 g/mol. The van der Waals surface area contributed by atoms with E-state index in [4.69, 9.17) is 27.9 Å². The Morgan fingerprint density at radius 1 is 1.23 bits per heavy atom. The van der Waals surface area contributed by atoms with Gasteiger partial charge >= 0.3 is 5.97 Å². The molecule has 0 saturated carbocycles. The molecular formula is C19H14Cl2N2O3. The Morgan fingerprint density at radius 2 is 2.04 bits per heavy atom. The fourth-order valence-electron chi connectivity index (χ4n) is 2.32. The first-order chi connectivity index (χ1) is 12.4. The van der Waals surface area contributed by atoms with Crippen LogP contribution in [0.4, 0.5) is 0 Å². The Hall–Kier alpha value is -2.63. The van der Waals surface area contributed by atoms with Crippen LogP contribution in [0.2, 0.25) is 10.0 Å². The summed E-state index contributed by atoms with van der Waals surface area (Å²) in [4.78, 5) is 28.3. The van der Waals surface area contributed by atoms with E-state index in [2.05, 4.69) is 4.98 Å². The molecule has 2 aromatic heterocycles. The summed E-state index contributed by atoms with van der Waals surface area (Å²) in [5.74, 6) is -0.568. The summed E-state index contributed by atoms with van der Waals surface area (Å²) in [6.45, 7) is 1.79. The Labute approximate surface area is 159 Å². The molecule has 1 aromatic carbocycles. The predicted octanol–water partition coefficient (Wildman–Crippen LogP) is 4.07. The van der Waals surface area contributed by atoms with Crippen LogP contribution < -0.4 is 5.56 Å². The Kier molecular flexibility index (Phi) is 5.40. The van der Waals surface area contributed by atoms with Gasteiger partial charge in [0.2, 0.25) is 0 Å². The van der Waals surface area contributed by atoms with E-state index in [1.165, 1.54) is 22.6 Å². The molecule has 0 atom stereocenters. The van der Waals surface area contributed by atoms with Crippen molar-refractivity contribution in [1.82, 2.24) is 9.38 Å². The highest BCUT2D eigenvalue weighted by Crippen LogP contribution is 2.22. The largest absolute Gasteiger partial charge is 0.456 e. The average Bonchev–Trinajstić information content (AvgIpc) is 2.60. The number of pyridine rings is 1. The molecule has 3 rings (SSSR count). The van der Waals surface area contributed by atoms with E-state index < -0.39 is 5.97 Å². The van der Waals surface area contributed by atoms with Crippen LogP contribution in [-0.4, -0.2) is 15.4 Å². The van der Waals surface area contributed by atoms with Gasteiger partial charge < -0.3 is 4.74 Å². The number of hydrogen-bond acceptors (Lipinski definition) is 4. The number of carbonyl (C=O) groups is 1. The predicted molar refractivity (Wildman–Crippen MR) is 101 cm³/mol. The summed E-state index contributed by atoms with van der Waals surface area (Å²) >= 11 is 11.9. The summed E-state index contributed by atoms with van der Waals surface area (Å²) in [6, 6.07) is 9.90. The Balaban J connectivity index is 1.69. The van der Waals surface area contributed by atoms with Crippen LogP contribution in [0.1, 0.15) is 16.8 Å². The van der Waals surface area contributed by atoms with Gasteiger partial charge in [-0.25, -0.2) is 9.78 Å². The quantitative estimate of drug-likeness (QED) is 0.499. The molecule has 0 spiro atoms. The standard InChI is InChI=1S/C19H14Cl2N2O3/c1-12-2-6-17-22-15(9-18(24)23(17)10-12)11-26-19(25)7-4-13-3-5-14(20)8-16(13)21/h2-10H,11H2,1H3/b7-4+. The number of aryl methyl sites for hydroxylation is 1. The molecule has 0 aliphatic heterocycles. The van der Waals surface area contributed by atoms with E-state index >= 15 is 0 Å². The van der Waals surface area contributed by atoms with Gasteiger partial charge in [-0.15, -0.1) is 0 Å². The van der Waals surface area contributed by atoms with Gasteiger partial charge in [-0.1, -0.05) is 35.3 Å². The molecular weight excluding hydrogens is 375 g/mol. The molecule has 0 unspecified atom stereocenters. The van der Waals surface area contributed by atoms with Crippen molar-refractivity contribution in [3.63, 3.8) is 0 Å². The zero-order chi connectivity index (χ0) is 18.7. The van der Waals surface area contributed by atoms with Gasteiger partial charge in [0.15, 0.2) is 0 Å². The Morgan fingerprint density at radius 3 is 2.81 bits per heavy atom. The van der Waals surface area contributed by atoms with E-state index in [0.29, 0.717) is 26.9 Å². The van der Waals surface area contributed by atoms with Gasteiger partial charge in [-0.3, -0.25) is 9.20 Å². The van der Waals surface area contributed by atoms with Crippen LogP contribution in [0, 0.1) is 6.92 Å². The molecule has 0 amide bonds. The zero-order valence-electron chi connectivity index (χ0n) is 13.8. The van der Waals surface area contributed by atoms with Gasteiger partial charge in [0.1, 0.15) is 12.3 Å². The highest BCUT2D eigenvalue weighted by molar-refractivity contribution is 6.35. The van der Waals surface area contributed by atoms with Crippen LogP contribution in [-0.2, 0) is 16.1 Å². The lowest BCUT2D eigenvalue weighted by Gasteiger charge is -2.05. The molecule has 0 bridgehead atoms. The lowest BCUT2D eigenvalue weighted by molar-refractivity contribution is -0.139. The number of hydrogen-bond donors (Lipinski definition) is 0. The highest BCUT2D eigenvalue weighted by atomic mass is 35.5. The lowest BCUT2D eigenvalue weighted by Crippen LogP contribution is -2.16. The molecule has 0 radical (unpaired) electrons. The number of ether oxygens (including phenoxy) is 1. The van der Waals surface area contributed by atoms with E-state index in [9.17, 15) is 9.59 Å². The van der Waals surface area contributed by atoms with Crippen molar-refractivity contribution in [2.45, 2.75) is 13.5 Å². The van der Waals surface area contributed by atoms with Crippen molar-refractivity contribution < 1.29 is 9.53 Å². The second-order valence-electron chi connectivity index (χ2n) is 5.63. The van der Waals surface area contributed by atoms with Crippen molar-refractivity contribution >= 4 is 40.9 Å². The SMILES string of the molecule is Cc1ccc2nc(COC(=O)/C=C/c3ccc(Cl)cc3Cl)cc(=O)n2c1. The topological polar surface area (TPSA) is 60.7 Å². The minimum Gasteiger partial charge on any atom is -0.456 e. The second-order valence-corrected chi connectivity index (χ2v) is 6.47. The normalized spacial score (nSPS) is 11.2. The highest BCUT2D eigenvalue weighted by Gasteiger charge is 2.06. The number of halogens is 2. The molecule has 0 aliphatic carbocycles. The van der Waals surface area contributed by atoms with Crippen molar-refractivity contribution in [3.8, 4) is 0 Å². The molecule has 0 aliphatic rings. The van der Waals surface area contributed by atoms with Crippen LogP contribution in [0.5, 0.6) is 0 Å². The maximum Gasteiger partial charge on any atom is 0.331 e. The maximum atomic E-state index is 12.1. The zero-order valence-corrected chi connectivity index (χ0v) is 15.3. The summed E-state index contributed by atoms with van der Waals surface area (Å²) in [6.07, 6.45) is 4.50. The third-order valence-corrected chi connectivity index (χ3v) is 4.15. The summed E-state index contributed by atoms with van der Waals surface area (Å²) in [5, 5.41) is 0.944. The van der Waals surface area contributed by atoms with Gasteiger partial charge in [0.25, 0.3) is 5.56 Å². The minimum atomic E-state index is -0.568. The molecule has 3 aromatic rings. The average molecular weight is 389 g/mol. The molecule has 7 heteroatoms. The number of benzene rings is 1. The third-order valence-electron chi connectivity index (χ3n) is 3.58. The number of nitrogens with zero attached hydrogens (tertiary/aromatic N) is 2. The minimum absolute atomic E-state index is 0.100. The number of esters is 1. The van der Waals surface area contributed by atoms with Crippen molar-refractivity contribution in [3.05, 3.63) is 85.9 Å². The van der Waals surface area contributed by atoms with Gasteiger partial charge in [-0.05, 0) is 42.3 Å². The molecule has 132 valence electrons. The third kappa shape index (κ3) is 4.31. The van der Waals surface area contributed by atoms with E-state index in [0.717, 1.165) is 5.56 Å². The molecule has 2 heterocycles. The second kappa shape index (κ2) is 7.72. The lowest BCUT2D eigenvalue weighted by atomic mass is 10.2. The van der Waals surface area contributed by atoms with Gasteiger partial charge in [0, 0.05) is 28.4 Å². The van der Waals surface area contributed by atoms with E-state index in [1.54, 1.807) is 30.5 Å². The van der Waals surface area contributed by atoms with Gasteiger partial charge in [-0.2, -0.15) is 0 Å². The molecule has 0 N–H and O–H groups in total. The maximum absolute atomic E-state index is 12.1. The van der Waals surface area contributed by atoms with Crippen LogP contribution in [0.3, 0.4) is 0 Å². The first-order valence-corrected chi connectivity index (χ1v) is 8.47. The van der Waals surface area contributed by atoms with Crippen molar-refractivity contribution in [1.29, 1.82) is 0 Å². The number of aromatic nitrogens is 2. The fraction of sp³-hybridized carbons (Fsp3) is 0.105. The van der Waals surface area contributed by atoms with Crippen LogP contribution in [0.25, 0.3) is 11.7 Å². The number of rotatable bonds is 4.